The third kappa shape index (κ3) is 3.65. The number of thiophene rings is 1. The van der Waals surface area contributed by atoms with Gasteiger partial charge in [-0.2, -0.15) is 5.10 Å². The highest BCUT2D eigenvalue weighted by atomic mass is 32.1. The molecule has 2 aromatic rings. The number of hydrazone groups is 1. The van der Waals surface area contributed by atoms with E-state index in [2.05, 4.69) is 10.5 Å². The van der Waals surface area contributed by atoms with Crippen LogP contribution in [0.25, 0.3) is 0 Å². The maximum Gasteiger partial charge on any atom is 0.245 e. The van der Waals surface area contributed by atoms with Gasteiger partial charge in [0.05, 0.1) is 12.1 Å². The summed E-state index contributed by atoms with van der Waals surface area (Å²) in [6, 6.07) is 11.6. The highest BCUT2D eigenvalue weighted by Gasteiger charge is 2.35. The van der Waals surface area contributed by atoms with Crippen LogP contribution in [0.3, 0.4) is 0 Å². The molecule has 1 fully saturated rings. The molecule has 5 nitrogen and oxygen atoms in total. The van der Waals surface area contributed by atoms with Crippen molar-refractivity contribution in [3.05, 3.63) is 52.2 Å². The van der Waals surface area contributed by atoms with E-state index >= 15 is 0 Å². The van der Waals surface area contributed by atoms with Crippen molar-refractivity contribution in [2.24, 2.45) is 11.0 Å². The van der Waals surface area contributed by atoms with Crippen LogP contribution >= 0.6 is 11.3 Å². The first-order chi connectivity index (χ1) is 11.1. The highest BCUT2D eigenvalue weighted by Crippen LogP contribution is 2.25. The Labute approximate surface area is 138 Å². The highest BCUT2D eigenvalue weighted by molar-refractivity contribution is 7.11. The molecule has 1 N–H and O–H groups in total. The Balaban J connectivity index is 1.60. The molecule has 0 unspecified atom stereocenters. The summed E-state index contributed by atoms with van der Waals surface area (Å²) >= 11 is 1.54. The summed E-state index contributed by atoms with van der Waals surface area (Å²) < 4.78 is 0. The maximum atomic E-state index is 12.2. The van der Waals surface area contributed by atoms with Crippen molar-refractivity contribution in [3.63, 3.8) is 0 Å². The monoisotopic (exact) mass is 327 g/mol. The molecule has 1 aliphatic heterocycles. The number of hydrogen-bond donors (Lipinski definition) is 1. The van der Waals surface area contributed by atoms with E-state index < -0.39 is 0 Å². The van der Waals surface area contributed by atoms with Crippen LogP contribution in [0, 0.1) is 12.8 Å². The average molecular weight is 327 g/mol. The number of carbonyl (C=O) groups excluding carboxylic acids is 2. The maximum absolute atomic E-state index is 12.2. The second-order valence-corrected chi connectivity index (χ2v) is 6.47. The lowest BCUT2D eigenvalue weighted by atomic mass is 10.1. The molecule has 1 aromatic carbocycles. The van der Waals surface area contributed by atoms with Crippen molar-refractivity contribution in [2.45, 2.75) is 13.3 Å². The number of nitrogens with zero attached hydrogens (tertiary/aromatic N) is 2. The Bertz CT molecular complexity index is 723. The van der Waals surface area contributed by atoms with Crippen LogP contribution in [0.5, 0.6) is 0 Å². The molecule has 1 aliphatic rings. The van der Waals surface area contributed by atoms with Gasteiger partial charge in [0.25, 0.3) is 0 Å². The van der Waals surface area contributed by atoms with Crippen molar-refractivity contribution in [3.8, 4) is 0 Å². The van der Waals surface area contributed by atoms with Gasteiger partial charge in [-0.3, -0.25) is 9.59 Å². The van der Waals surface area contributed by atoms with E-state index in [9.17, 15) is 9.59 Å². The Morgan fingerprint density at radius 2 is 2.13 bits per heavy atom. The minimum Gasteiger partial charge on any atom is -0.312 e. The fourth-order valence-electron chi connectivity index (χ4n) is 2.47. The largest absolute Gasteiger partial charge is 0.312 e. The topological polar surface area (TPSA) is 61.8 Å². The molecule has 2 amide bonds. The van der Waals surface area contributed by atoms with E-state index in [0.717, 1.165) is 16.1 Å². The molecular formula is C17H17N3O2S. The van der Waals surface area contributed by atoms with Crippen LogP contribution in [0.4, 0.5) is 5.69 Å². The Hall–Kier alpha value is -2.47. The quantitative estimate of drug-likeness (QED) is 0.693. The van der Waals surface area contributed by atoms with Gasteiger partial charge >= 0.3 is 0 Å². The number of aryl methyl sites for hydroxylation is 1. The van der Waals surface area contributed by atoms with Crippen molar-refractivity contribution >= 4 is 35.1 Å². The Morgan fingerprint density at radius 1 is 1.35 bits per heavy atom. The summed E-state index contributed by atoms with van der Waals surface area (Å²) in [6.07, 6.45) is 1.82. The van der Waals surface area contributed by atoms with Crippen molar-refractivity contribution in [1.29, 1.82) is 0 Å². The second-order valence-electron chi connectivity index (χ2n) is 5.49. The molecule has 6 heteroatoms. The lowest BCUT2D eigenvalue weighted by Crippen LogP contribution is -2.30. The summed E-state index contributed by atoms with van der Waals surface area (Å²) in [6.45, 7) is 2.39. The van der Waals surface area contributed by atoms with E-state index in [0.29, 0.717) is 6.54 Å². The minimum absolute atomic E-state index is 0.0313. The van der Waals surface area contributed by atoms with Crippen LogP contribution in [0.1, 0.15) is 16.9 Å². The van der Waals surface area contributed by atoms with Gasteiger partial charge in [-0.05, 0) is 30.5 Å². The normalized spacial score (nSPS) is 17.9. The van der Waals surface area contributed by atoms with Crippen LogP contribution < -0.4 is 10.3 Å². The molecule has 23 heavy (non-hydrogen) atoms. The summed E-state index contributed by atoms with van der Waals surface area (Å²) in [5.41, 5.74) is 4.49. The molecule has 0 aliphatic carbocycles. The number of benzene rings is 1. The lowest BCUT2D eigenvalue weighted by molar-refractivity contribution is -0.126. The van der Waals surface area contributed by atoms with E-state index in [-0.39, 0.29) is 24.2 Å². The van der Waals surface area contributed by atoms with Gasteiger partial charge < -0.3 is 4.90 Å². The molecular weight excluding hydrogens is 310 g/mol. The van der Waals surface area contributed by atoms with Gasteiger partial charge in [0.1, 0.15) is 0 Å². The van der Waals surface area contributed by atoms with Gasteiger partial charge in [0, 0.05) is 23.5 Å². The molecule has 2 heterocycles. The molecule has 1 aromatic heterocycles. The molecule has 1 atom stereocenters. The fraction of sp³-hybridized carbons (Fsp3) is 0.235. The van der Waals surface area contributed by atoms with E-state index in [1.54, 1.807) is 22.5 Å². The van der Waals surface area contributed by atoms with Crippen LogP contribution in [0.15, 0.2) is 46.9 Å². The first kappa shape index (κ1) is 15.4. The zero-order valence-electron chi connectivity index (χ0n) is 12.7. The molecule has 0 saturated carbocycles. The molecule has 1 saturated heterocycles. The smallest absolute Gasteiger partial charge is 0.245 e. The first-order valence-electron chi connectivity index (χ1n) is 7.37. The number of nitrogens with one attached hydrogen (secondary N) is 1. The number of amides is 2. The number of carbonyl (C=O) groups is 2. The van der Waals surface area contributed by atoms with Gasteiger partial charge in [-0.1, -0.05) is 23.8 Å². The van der Waals surface area contributed by atoms with Crippen LogP contribution in [-0.4, -0.2) is 24.6 Å². The van der Waals surface area contributed by atoms with Crippen molar-refractivity contribution < 1.29 is 9.59 Å². The van der Waals surface area contributed by atoms with E-state index in [1.807, 2.05) is 48.7 Å². The molecule has 0 spiro atoms. The van der Waals surface area contributed by atoms with Gasteiger partial charge in [0.15, 0.2) is 0 Å². The van der Waals surface area contributed by atoms with E-state index in [4.69, 9.17) is 0 Å². The standard InChI is InChI=1S/C17H17N3O2S/c1-12-4-6-14(7-5-12)20-11-13(9-16(20)21)17(22)19-18-10-15-3-2-8-23-15/h2-8,10,13H,9,11H2,1H3,(H,19,22)/b18-10+/t13-/m0/s1. The van der Waals surface area contributed by atoms with Crippen LogP contribution in [0.2, 0.25) is 0 Å². The zero-order chi connectivity index (χ0) is 16.2. The molecule has 118 valence electrons. The van der Waals surface area contributed by atoms with E-state index in [1.165, 1.54) is 0 Å². The summed E-state index contributed by atoms with van der Waals surface area (Å²) in [5, 5.41) is 5.89. The summed E-state index contributed by atoms with van der Waals surface area (Å²) in [7, 11) is 0. The predicted octanol–water partition coefficient (Wildman–Crippen LogP) is 2.56. The lowest BCUT2D eigenvalue weighted by Gasteiger charge is -2.16. The summed E-state index contributed by atoms with van der Waals surface area (Å²) in [5.74, 6) is -0.624. The minimum atomic E-state index is -0.371. The molecule has 3 rings (SSSR count). The number of anilines is 1. The number of hydrogen-bond acceptors (Lipinski definition) is 4. The Kier molecular flexibility index (Phi) is 4.52. The fourth-order valence-corrected chi connectivity index (χ4v) is 3.06. The molecule has 0 bridgehead atoms. The predicted molar refractivity (Wildman–Crippen MR) is 91.7 cm³/mol. The van der Waals surface area contributed by atoms with Crippen molar-refractivity contribution in [2.75, 3.05) is 11.4 Å². The SMILES string of the molecule is Cc1ccc(N2C[C@@H](C(=O)N/N=C/c3cccs3)CC2=O)cc1. The van der Waals surface area contributed by atoms with Crippen molar-refractivity contribution in [1.82, 2.24) is 5.43 Å². The third-order valence-corrected chi connectivity index (χ3v) is 4.56. The average Bonchev–Trinajstić information content (AvgIpc) is 3.18. The zero-order valence-corrected chi connectivity index (χ0v) is 13.5. The second kappa shape index (κ2) is 6.75. The summed E-state index contributed by atoms with van der Waals surface area (Å²) in [4.78, 5) is 26.9. The Morgan fingerprint density at radius 3 is 2.83 bits per heavy atom. The number of rotatable bonds is 4. The van der Waals surface area contributed by atoms with Gasteiger partial charge in [0.2, 0.25) is 11.8 Å². The molecule has 0 radical (unpaired) electrons. The van der Waals surface area contributed by atoms with Gasteiger partial charge in [-0.15, -0.1) is 11.3 Å². The van der Waals surface area contributed by atoms with Gasteiger partial charge in [-0.25, -0.2) is 5.43 Å². The third-order valence-electron chi connectivity index (χ3n) is 3.75. The van der Waals surface area contributed by atoms with Crippen LogP contribution in [-0.2, 0) is 9.59 Å². The first-order valence-corrected chi connectivity index (χ1v) is 8.25.